The van der Waals surface area contributed by atoms with Crippen molar-refractivity contribution in [1.82, 2.24) is 9.78 Å². The normalized spacial score (nSPS) is 21.5. The molecular formula is C10H17N3O4. The van der Waals surface area contributed by atoms with Crippen LogP contribution < -0.4 is 5.23 Å². The first kappa shape index (κ1) is 12.5. The van der Waals surface area contributed by atoms with Gasteiger partial charge in [-0.25, -0.2) is 5.21 Å². The summed E-state index contributed by atoms with van der Waals surface area (Å²) in [4.78, 5) is 0. The molecule has 1 aromatic heterocycles. The molecule has 7 nitrogen and oxygen atoms in total. The van der Waals surface area contributed by atoms with Crippen LogP contribution in [0.3, 0.4) is 0 Å². The quantitative estimate of drug-likeness (QED) is 0.518. The summed E-state index contributed by atoms with van der Waals surface area (Å²) in [6.07, 6.45) is 1.86. The molecule has 1 aromatic rings. The van der Waals surface area contributed by atoms with E-state index in [-0.39, 0.29) is 11.9 Å². The zero-order valence-corrected chi connectivity index (χ0v) is 9.92. The minimum atomic E-state index is -1.02. The van der Waals surface area contributed by atoms with Crippen molar-refractivity contribution in [2.75, 3.05) is 13.2 Å². The van der Waals surface area contributed by atoms with Gasteiger partial charge in [0.25, 0.3) is 5.82 Å². The van der Waals surface area contributed by atoms with E-state index in [0.717, 1.165) is 6.61 Å². The zero-order chi connectivity index (χ0) is 12.5. The highest BCUT2D eigenvalue weighted by molar-refractivity contribution is 5.13. The van der Waals surface area contributed by atoms with Crippen molar-refractivity contribution in [3.8, 4) is 0 Å². The lowest BCUT2D eigenvalue weighted by Crippen LogP contribution is -2.99. The molecular weight excluding hydrogens is 226 g/mol. The van der Waals surface area contributed by atoms with Crippen LogP contribution >= 0.6 is 0 Å². The van der Waals surface area contributed by atoms with Crippen LogP contribution in [0, 0.1) is 5.21 Å². The van der Waals surface area contributed by atoms with Crippen molar-refractivity contribution < 1.29 is 19.9 Å². The third kappa shape index (κ3) is 3.76. The molecule has 0 aromatic carbocycles. The van der Waals surface area contributed by atoms with Gasteiger partial charge in [-0.2, -0.15) is 5.23 Å². The van der Waals surface area contributed by atoms with Crippen LogP contribution in [-0.2, 0) is 16.0 Å². The molecule has 17 heavy (non-hydrogen) atoms. The van der Waals surface area contributed by atoms with Crippen LogP contribution in [0.1, 0.15) is 13.8 Å². The van der Waals surface area contributed by atoms with Gasteiger partial charge in [0.2, 0.25) is 0 Å². The summed E-state index contributed by atoms with van der Waals surface area (Å²) >= 11 is 0. The summed E-state index contributed by atoms with van der Waals surface area (Å²) in [7, 11) is 0. The molecule has 0 radical (unpaired) electrons. The van der Waals surface area contributed by atoms with Gasteiger partial charge in [-0.1, -0.05) is 0 Å². The fraction of sp³-hybridized carbons (Fsp3) is 0.700. The standard InChI is InChI=1S/C10H17N3O4/c1-10(2,17-6-8-5-16-8)7-12-4-3-9(11-12)13(14)15/h3-4,8,13-14H,5-7H2,1-2H3/t8-/m0/s1. The zero-order valence-electron chi connectivity index (χ0n) is 9.92. The Morgan fingerprint density at radius 1 is 1.76 bits per heavy atom. The molecule has 1 unspecified atom stereocenters. The van der Waals surface area contributed by atoms with Crippen LogP contribution in [0.4, 0.5) is 5.82 Å². The maximum absolute atomic E-state index is 10.7. The predicted octanol–water partition coefficient (Wildman–Crippen LogP) is -0.519. The number of nitrogens with one attached hydrogen (secondary N) is 1. The van der Waals surface area contributed by atoms with Crippen LogP contribution in [0.5, 0.6) is 0 Å². The molecule has 0 bridgehead atoms. The summed E-state index contributed by atoms with van der Waals surface area (Å²) in [5, 5.41) is 22.4. The van der Waals surface area contributed by atoms with Crippen molar-refractivity contribution in [2.45, 2.75) is 32.1 Å². The number of hydrogen-bond acceptors (Lipinski definition) is 5. The molecule has 0 aliphatic carbocycles. The van der Waals surface area contributed by atoms with E-state index < -0.39 is 10.8 Å². The van der Waals surface area contributed by atoms with Gasteiger partial charge in [0.05, 0.1) is 25.4 Å². The molecule has 1 aliphatic rings. The number of epoxide rings is 1. The summed E-state index contributed by atoms with van der Waals surface area (Å²) in [5.41, 5.74) is -0.395. The second-order valence-corrected chi connectivity index (χ2v) is 4.73. The number of ether oxygens (including phenoxy) is 2. The summed E-state index contributed by atoms with van der Waals surface area (Å²) in [6, 6.07) is 1.47. The topological polar surface area (TPSA) is 87.3 Å². The Morgan fingerprint density at radius 3 is 3.00 bits per heavy atom. The minimum Gasteiger partial charge on any atom is -0.594 e. The lowest BCUT2D eigenvalue weighted by molar-refractivity contribution is -0.993. The summed E-state index contributed by atoms with van der Waals surface area (Å²) in [6.45, 7) is 5.73. The van der Waals surface area contributed by atoms with Gasteiger partial charge in [0, 0.05) is 12.3 Å². The second kappa shape index (κ2) is 4.71. The second-order valence-electron chi connectivity index (χ2n) is 4.73. The molecule has 1 saturated heterocycles. The Labute approximate surface area is 99.1 Å². The van der Waals surface area contributed by atoms with E-state index in [2.05, 4.69) is 5.10 Å². The molecule has 0 amide bonds. The highest BCUT2D eigenvalue weighted by atomic mass is 16.8. The molecule has 2 atom stereocenters. The number of aromatic nitrogens is 2. The molecule has 2 N–H and O–H groups in total. The molecule has 96 valence electrons. The van der Waals surface area contributed by atoms with Gasteiger partial charge in [0.1, 0.15) is 6.10 Å². The van der Waals surface area contributed by atoms with Gasteiger partial charge >= 0.3 is 0 Å². The van der Waals surface area contributed by atoms with E-state index in [1.54, 1.807) is 10.9 Å². The van der Waals surface area contributed by atoms with Crippen molar-refractivity contribution in [3.63, 3.8) is 0 Å². The van der Waals surface area contributed by atoms with Crippen LogP contribution in [0.2, 0.25) is 0 Å². The van der Waals surface area contributed by atoms with E-state index in [4.69, 9.17) is 14.7 Å². The third-order valence-electron chi connectivity index (χ3n) is 2.46. The summed E-state index contributed by atoms with van der Waals surface area (Å²) < 4.78 is 12.3. The average molecular weight is 243 g/mol. The Kier molecular flexibility index (Phi) is 3.45. The van der Waals surface area contributed by atoms with Gasteiger partial charge in [-0.05, 0) is 13.8 Å². The first-order valence-electron chi connectivity index (χ1n) is 5.48. The highest BCUT2D eigenvalue weighted by Gasteiger charge is 2.28. The summed E-state index contributed by atoms with van der Waals surface area (Å²) in [5.74, 6) is 0.0475. The molecule has 2 heterocycles. The lowest BCUT2D eigenvalue weighted by Gasteiger charge is -2.24. The minimum absolute atomic E-state index is 0.0475. The van der Waals surface area contributed by atoms with Gasteiger partial charge in [-0.3, -0.25) is 4.68 Å². The molecule has 1 aliphatic heterocycles. The Balaban J connectivity index is 1.88. The molecule has 7 heteroatoms. The molecule has 1 fully saturated rings. The average Bonchev–Trinajstić information content (AvgIpc) is 2.95. The van der Waals surface area contributed by atoms with Crippen molar-refractivity contribution >= 4 is 5.82 Å². The number of quaternary nitrogens is 1. The third-order valence-corrected chi connectivity index (χ3v) is 2.46. The highest BCUT2D eigenvalue weighted by Crippen LogP contribution is 2.17. The maximum atomic E-state index is 10.7. The van der Waals surface area contributed by atoms with Gasteiger partial charge in [-0.15, -0.1) is 5.10 Å². The van der Waals surface area contributed by atoms with Crippen molar-refractivity contribution in [2.24, 2.45) is 0 Å². The lowest BCUT2D eigenvalue weighted by atomic mass is 10.1. The van der Waals surface area contributed by atoms with E-state index in [0.29, 0.717) is 13.2 Å². The Bertz CT molecular complexity index is 373. The predicted molar refractivity (Wildman–Crippen MR) is 57.8 cm³/mol. The van der Waals surface area contributed by atoms with Crippen molar-refractivity contribution in [1.29, 1.82) is 0 Å². The number of nitrogens with zero attached hydrogens (tertiary/aromatic N) is 2. The Morgan fingerprint density at radius 2 is 2.47 bits per heavy atom. The van der Waals surface area contributed by atoms with Gasteiger partial charge in [0.15, 0.2) is 0 Å². The number of hydrogen-bond donors (Lipinski definition) is 2. The fourth-order valence-electron chi connectivity index (χ4n) is 1.48. The SMILES string of the molecule is CC(C)(Cn1ccc([NH+]([O-])O)n1)OC[C@@H]1CO1. The Hall–Kier alpha value is -0.990. The molecule has 2 rings (SSSR count). The van der Waals surface area contributed by atoms with Crippen LogP contribution in [-0.4, -0.2) is 39.9 Å². The fourth-order valence-corrected chi connectivity index (χ4v) is 1.48. The van der Waals surface area contributed by atoms with Crippen LogP contribution in [0.25, 0.3) is 0 Å². The monoisotopic (exact) mass is 243 g/mol. The largest absolute Gasteiger partial charge is 0.594 e. The maximum Gasteiger partial charge on any atom is 0.277 e. The first-order valence-corrected chi connectivity index (χ1v) is 5.48. The van der Waals surface area contributed by atoms with E-state index >= 15 is 0 Å². The van der Waals surface area contributed by atoms with E-state index in [1.165, 1.54) is 6.07 Å². The van der Waals surface area contributed by atoms with Gasteiger partial charge < -0.3 is 14.7 Å². The smallest absolute Gasteiger partial charge is 0.277 e. The molecule has 0 spiro atoms. The number of rotatable bonds is 6. The van der Waals surface area contributed by atoms with Crippen molar-refractivity contribution in [3.05, 3.63) is 17.5 Å². The molecule has 0 saturated carbocycles. The van der Waals surface area contributed by atoms with E-state index in [9.17, 15) is 5.21 Å². The van der Waals surface area contributed by atoms with Crippen LogP contribution in [0.15, 0.2) is 12.3 Å². The van der Waals surface area contributed by atoms with E-state index in [1.807, 2.05) is 13.8 Å². The first-order chi connectivity index (χ1) is 7.96.